The molecular weight excluding hydrogens is 212 g/mol. The van der Waals surface area contributed by atoms with E-state index in [4.69, 9.17) is 0 Å². The van der Waals surface area contributed by atoms with Crippen LogP contribution < -0.4 is 0 Å². The van der Waals surface area contributed by atoms with Gasteiger partial charge in [-0.15, -0.1) is 0 Å². The topological polar surface area (TPSA) is 34.1 Å². The third kappa shape index (κ3) is 12.8. The predicted molar refractivity (Wildman–Crippen MR) is 72.0 cm³/mol. The maximum Gasteiger partial charge on any atom is 0.132 e. The molecule has 0 amide bonds. The van der Waals surface area contributed by atoms with Gasteiger partial charge < -0.3 is 4.79 Å². The Bertz CT molecular complexity index is 275. The number of hydrogen-bond donors (Lipinski definition) is 0. The second-order valence-corrected chi connectivity index (χ2v) is 4.25. The lowest BCUT2D eigenvalue weighted by molar-refractivity contribution is -0.119. The van der Waals surface area contributed by atoms with Gasteiger partial charge in [0.2, 0.25) is 0 Å². The van der Waals surface area contributed by atoms with Crippen LogP contribution in [0.5, 0.6) is 0 Å². The van der Waals surface area contributed by atoms with Crippen molar-refractivity contribution in [3.8, 4) is 0 Å². The Hall–Kier alpha value is -1.18. The van der Waals surface area contributed by atoms with Gasteiger partial charge in [0.25, 0.3) is 0 Å². The molecule has 0 spiro atoms. The van der Waals surface area contributed by atoms with Crippen LogP contribution in [-0.4, -0.2) is 11.6 Å². The van der Waals surface area contributed by atoms with Crippen molar-refractivity contribution in [2.45, 2.75) is 58.8 Å². The van der Waals surface area contributed by atoms with E-state index in [-0.39, 0.29) is 11.6 Å². The van der Waals surface area contributed by atoms with Crippen LogP contribution in [0.1, 0.15) is 58.8 Å². The molecule has 0 fully saturated rings. The van der Waals surface area contributed by atoms with Gasteiger partial charge in [-0.2, -0.15) is 0 Å². The van der Waals surface area contributed by atoms with Crippen molar-refractivity contribution in [3.63, 3.8) is 0 Å². The van der Waals surface area contributed by atoms with E-state index in [0.717, 1.165) is 19.3 Å². The molecule has 0 aromatic rings. The molecule has 0 bridgehead atoms. The Labute approximate surface area is 105 Å². The van der Waals surface area contributed by atoms with Crippen LogP contribution in [0.4, 0.5) is 0 Å². The fraction of sp³-hybridized carbons (Fsp3) is 0.600. The van der Waals surface area contributed by atoms with E-state index in [2.05, 4.69) is 19.1 Å². The Morgan fingerprint density at radius 3 is 2.24 bits per heavy atom. The molecule has 2 nitrogen and oxygen atoms in total. The van der Waals surface area contributed by atoms with Crippen molar-refractivity contribution in [1.82, 2.24) is 0 Å². The molecule has 0 rings (SSSR count). The van der Waals surface area contributed by atoms with E-state index < -0.39 is 0 Å². The van der Waals surface area contributed by atoms with Crippen molar-refractivity contribution in [1.29, 1.82) is 0 Å². The zero-order valence-corrected chi connectivity index (χ0v) is 11.1. The normalized spacial score (nSPS) is 11.4. The molecular formula is C15H24O2. The largest absolute Gasteiger partial charge is 0.300 e. The summed E-state index contributed by atoms with van der Waals surface area (Å²) in [6, 6.07) is 0. The number of hydrogen-bond acceptors (Lipinski definition) is 2. The summed E-state index contributed by atoms with van der Waals surface area (Å²) in [5.41, 5.74) is 0. The van der Waals surface area contributed by atoms with Gasteiger partial charge in [0.05, 0.1) is 0 Å². The van der Waals surface area contributed by atoms with Gasteiger partial charge in [-0.3, -0.25) is 4.79 Å². The van der Waals surface area contributed by atoms with Crippen LogP contribution in [0, 0.1) is 0 Å². The number of rotatable bonds is 10. The first kappa shape index (κ1) is 15.8. The van der Waals surface area contributed by atoms with Crippen LogP contribution in [-0.2, 0) is 9.59 Å². The molecule has 0 aliphatic heterocycles. The third-order valence-electron chi connectivity index (χ3n) is 2.43. The maximum absolute atomic E-state index is 11.4. The van der Waals surface area contributed by atoms with Crippen LogP contribution >= 0.6 is 0 Å². The highest BCUT2D eigenvalue weighted by Crippen LogP contribution is 2.04. The van der Waals surface area contributed by atoms with Gasteiger partial charge in [0, 0.05) is 19.3 Å². The summed E-state index contributed by atoms with van der Waals surface area (Å²) in [4.78, 5) is 22.1. The molecule has 0 saturated carbocycles. The summed E-state index contributed by atoms with van der Waals surface area (Å²) in [5.74, 6) is 0.451. The molecule has 0 aromatic heterocycles. The Morgan fingerprint density at radius 2 is 1.59 bits per heavy atom. The molecule has 0 saturated heterocycles. The lowest BCUT2D eigenvalue weighted by atomic mass is 10.1. The highest BCUT2D eigenvalue weighted by Gasteiger charge is 2.01. The molecule has 0 radical (unpaired) electrons. The molecule has 0 heterocycles. The standard InChI is InChI=1S/C15H24O2/c1-3-4-5-6-7-8-9-12-15(17)13-10-11-14(2)16/h4-7H,3,8-13H2,1-2H3. The van der Waals surface area contributed by atoms with Gasteiger partial charge in [0.1, 0.15) is 11.6 Å². The summed E-state index contributed by atoms with van der Waals surface area (Å²) in [7, 11) is 0. The number of unbranched alkanes of at least 4 members (excludes halogenated alkanes) is 1. The summed E-state index contributed by atoms with van der Waals surface area (Å²) in [6.45, 7) is 3.67. The van der Waals surface area contributed by atoms with E-state index in [0.29, 0.717) is 25.7 Å². The second-order valence-electron chi connectivity index (χ2n) is 4.25. The van der Waals surface area contributed by atoms with E-state index in [1.165, 1.54) is 0 Å². The van der Waals surface area contributed by atoms with E-state index in [9.17, 15) is 9.59 Å². The zero-order chi connectivity index (χ0) is 12.9. The zero-order valence-electron chi connectivity index (χ0n) is 11.1. The first-order valence-corrected chi connectivity index (χ1v) is 6.49. The van der Waals surface area contributed by atoms with Crippen molar-refractivity contribution < 1.29 is 9.59 Å². The van der Waals surface area contributed by atoms with Gasteiger partial charge in [-0.25, -0.2) is 0 Å². The van der Waals surface area contributed by atoms with Gasteiger partial charge in [-0.1, -0.05) is 31.2 Å². The minimum Gasteiger partial charge on any atom is -0.300 e. The summed E-state index contributed by atoms with van der Waals surface area (Å²) in [6.07, 6.45) is 13.6. The van der Waals surface area contributed by atoms with E-state index in [1.807, 2.05) is 12.2 Å². The SMILES string of the molecule is CCC=CC=CCCCC(=O)CCCC(C)=O. The predicted octanol–water partition coefficient (Wildman–Crippen LogP) is 4.01. The first-order valence-electron chi connectivity index (χ1n) is 6.49. The van der Waals surface area contributed by atoms with Crippen molar-refractivity contribution in [3.05, 3.63) is 24.3 Å². The highest BCUT2D eigenvalue weighted by atomic mass is 16.1. The first-order chi connectivity index (χ1) is 8.16. The number of ketones is 2. The Morgan fingerprint density at radius 1 is 0.941 bits per heavy atom. The average molecular weight is 236 g/mol. The molecule has 2 heteroatoms. The monoisotopic (exact) mass is 236 g/mol. The van der Waals surface area contributed by atoms with Crippen LogP contribution in [0.15, 0.2) is 24.3 Å². The molecule has 0 aliphatic rings. The number of allylic oxidation sites excluding steroid dienone is 4. The van der Waals surface area contributed by atoms with Gasteiger partial charge in [-0.05, 0) is 32.6 Å². The quantitative estimate of drug-likeness (QED) is 0.424. The van der Waals surface area contributed by atoms with E-state index >= 15 is 0 Å². The lowest BCUT2D eigenvalue weighted by Crippen LogP contribution is -1.99. The third-order valence-corrected chi connectivity index (χ3v) is 2.43. The fourth-order valence-electron chi connectivity index (χ4n) is 1.47. The molecule has 96 valence electrons. The fourth-order valence-corrected chi connectivity index (χ4v) is 1.47. The molecule has 0 aromatic carbocycles. The number of carbonyl (C=O) groups excluding carboxylic acids is 2. The van der Waals surface area contributed by atoms with Crippen molar-refractivity contribution in [2.75, 3.05) is 0 Å². The van der Waals surface area contributed by atoms with Crippen LogP contribution in [0.25, 0.3) is 0 Å². The molecule has 17 heavy (non-hydrogen) atoms. The molecule has 0 unspecified atom stereocenters. The minimum absolute atomic E-state index is 0.170. The summed E-state index contributed by atoms with van der Waals surface area (Å²) < 4.78 is 0. The number of Topliss-reactive ketones (excluding diaryl/α,β-unsaturated/α-hetero) is 2. The Balaban J connectivity index is 3.42. The molecule has 0 N–H and O–H groups in total. The second kappa shape index (κ2) is 11.3. The van der Waals surface area contributed by atoms with E-state index in [1.54, 1.807) is 6.92 Å². The molecule has 0 aliphatic carbocycles. The Kier molecular flexibility index (Phi) is 10.5. The van der Waals surface area contributed by atoms with Crippen molar-refractivity contribution in [2.24, 2.45) is 0 Å². The minimum atomic E-state index is 0.170. The molecule has 0 atom stereocenters. The van der Waals surface area contributed by atoms with Crippen LogP contribution in [0.3, 0.4) is 0 Å². The maximum atomic E-state index is 11.4. The van der Waals surface area contributed by atoms with Crippen molar-refractivity contribution >= 4 is 11.6 Å². The smallest absolute Gasteiger partial charge is 0.132 e. The summed E-state index contributed by atoms with van der Waals surface area (Å²) >= 11 is 0. The van der Waals surface area contributed by atoms with Gasteiger partial charge in [0.15, 0.2) is 0 Å². The van der Waals surface area contributed by atoms with Gasteiger partial charge >= 0.3 is 0 Å². The summed E-state index contributed by atoms with van der Waals surface area (Å²) in [5, 5.41) is 0. The highest BCUT2D eigenvalue weighted by molar-refractivity contribution is 5.80. The average Bonchev–Trinajstić information content (AvgIpc) is 2.27. The lowest BCUT2D eigenvalue weighted by Gasteiger charge is -1.98. The van der Waals surface area contributed by atoms with Crippen LogP contribution in [0.2, 0.25) is 0 Å². The number of carbonyl (C=O) groups is 2.